The lowest BCUT2D eigenvalue weighted by molar-refractivity contribution is -0.122. The maximum absolute atomic E-state index is 10.5. The van der Waals surface area contributed by atoms with Gasteiger partial charge < -0.3 is 10.2 Å². The Morgan fingerprint density at radius 2 is 1.19 bits per heavy atom. The molecule has 0 atom stereocenters. The number of carboxylic acid groups (broad SMARTS) is 2. The average Bonchev–Trinajstić information content (AvgIpc) is 2.29. The minimum atomic E-state index is -1.23. The quantitative estimate of drug-likeness (QED) is 0.570. The van der Waals surface area contributed by atoms with Gasteiger partial charge in [0, 0.05) is 0 Å². The molecule has 6 heteroatoms. The molecule has 0 heterocycles. The summed E-state index contributed by atoms with van der Waals surface area (Å²) in [5, 5.41) is 17.1. The van der Waals surface area contributed by atoms with Crippen LogP contribution >= 0.6 is 0 Å². The molecule has 0 aromatic heterocycles. The summed E-state index contributed by atoms with van der Waals surface area (Å²) >= 11 is 0. The zero-order valence-corrected chi connectivity index (χ0v) is 7.99. The molecular formula is C10H8O6. The lowest BCUT2D eigenvalue weighted by Gasteiger charge is -1.98. The smallest absolute Gasteiger partial charge is 0.336 e. The van der Waals surface area contributed by atoms with E-state index in [0.717, 1.165) is 0 Å². The molecular weight excluding hydrogens is 216 g/mol. The van der Waals surface area contributed by atoms with Gasteiger partial charge >= 0.3 is 11.9 Å². The molecule has 1 aromatic rings. The van der Waals surface area contributed by atoms with Crippen LogP contribution in [0, 0.1) is 0 Å². The predicted octanol–water partition coefficient (Wildman–Crippen LogP) is 0.467. The van der Waals surface area contributed by atoms with Crippen LogP contribution in [0.3, 0.4) is 0 Å². The maximum atomic E-state index is 10.5. The molecule has 0 amide bonds. The van der Waals surface area contributed by atoms with Gasteiger partial charge in [-0.25, -0.2) is 9.59 Å². The number of rotatable bonds is 3. The highest BCUT2D eigenvalue weighted by Gasteiger charge is 2.13. The van der Waals surface area contributed by atoms with Gasteiger partial charge in [-0.15, -0.1) is 0 Å². The van der Waals surface area contributed by atoms with Crippen molar-refractivity contribution in [3.63, 3.8) is 0 Å². The minimum absolute atomic E-state index is 0.190. The fraction of sp³-hybridized carbons (Fsp3) is 0. The molecule has 2 N–H and O–H groups in total. The summed E-state index contributed by atoms with van der Waals surface area (Å²) in [6.45, 7) is 0. The van der Waals surface area contributed by atoms with Gasteiger partial charge in [0.1, 0.15) is 0 Å². The van der Waals surface area contributed by atoms with E-state index >= 15 is 0 Å². The van der Waals surface area contributed by atoms with Crippen LogP contribution in [0.25, 0.3) is 0 Å². The first-order valence-electron chi connectivity index (χ1n) is 3.99. The van der Waals surface area contributed by atoms with Crippen molar-refractivity contribution in [2.24, 2.45) is 0 Å². The average molecular weight is 224 g/mol. The van der Waals surface area contributed by atoms with Crippen molar-refractivity contribution < 1.29 is 29.4 Å². The Bertz CT molecular complexity index is 371. The van der Waals surface area contributed by atoms with Crippen LogP contribution in [-0.2, 0) is 9.59 Å². The highest BCUT2D eigenvalue weighted by Crippen LogP contribution is 2.07. The molecule has 16 heavy (non-hydrogen) atoms. The second-order valence-corrected chi connectivity index (χ2v) is 2.43. The molecule has 0 radical (unpaired) electrons. The van der Waals surface area contributed by atoms with Gasteiger partial charge in [0.25, 0.3) is 0 Å². The van der Waals surface area contributed by atoms with Crippen molar-refractivity contribution in [1.29, 1.82) is 0 Å². The van der Waals surface area contributed by atoms with Gasteiger partial charge in [-0.3, -0.25) is 9.59 Å². The van der Waals surface area contributed by atoms with Crippen molar-refractivity contribution in [3.05, 3.63) is 35.4 Å². The van der Waals surface area contributed by atoms with E-state index in [4.69, 9.17) is 19.8 Å². The van der Waals surface area contributed by atoms with Gasteiger partial charge in [-0.2, -0.15) is 0 Å². The molecule has 0 bridgehead atoms. The number of hydrogen-bond acceptors (Lipinski definition) is 4. The number of carboxylic acids is 2. The molecule has 0 saturated carbocycles. The Morgan fingerprint density at radius 1 is 0.875 bits per heavy atom. The Kier molecular flexibility index (Phi) is 5.81. The van der Waals surface area contributed by atoms with Crippen molar-refractivity contribution in [2.75, 3.05) is 0 Å². The number of carbonyl (C=O) groups is 4. The summed E-state index contributed by atoms with van der Waals surface area (Å²) < 4.78 is 0. The normalized spacial score (nSPS) is 8.25. The van der Waals surface area contributed by atoms with Crippen LogP contribution in [0.4, 0.5) is 0 Å². The minimum Gasteiger partial charge on any atom is -0.478 e. The standard InChI is InChI=1S/C8H6O4.C2H2O2/c9-7(10)5-3-1-2-4-6(5)8(11)12;3-1-2-4/h1-4H,(H,9,10)(H,11,12);1-2H. The summed E-state index contributed by atoms with van der Waals surface area (Å²) in [5.41, 5.74) is -0.380. The van der Waals surface area contributed by atoms with Crippen LogP contribution in [0.2, 0.25) is 0 Å². The summed E-state index contributed by atoms with van der Waals surface area (Å²) in [4.78, 5) is 38.5. The van der Waals surface area contributed by atoms with Crippen molar-refractivity contribution in [3.8, 4) is 0 Å². The Balaban J connectivity index is 0.000000487. The molecule has 0 saturated heterocycles. The van der Waals surface area contributed by atoms with Crippen molar-refractivity contribution in [2.45, 2.75) is 0 Å². The molecule has 0 aliphatic carbocycles. The van der Waals surface area contributed by atoms with E-state index in [1.54, 1.807) is 0 Å². The third-order valence-corrected chi connectivity index (χ3v) is 1.44. The molecule has 0 spiro atoms. The van der Waals surface area contributed by atoms with Crippen molar-refractivity contribution in [1.82, 2.24) is 0 Å². The van der Waals surface area contributed by atoms with Gasteiger partial charge in [0.15, 0.2) is 12.6 Å². The zero-order chi connectivity index (χ0) is 12.6. The Labute approximate surface area is 90.1 Å². The second kappa shape index (κ2) is 6.88. The first-order chi connectivity index (χ1) is 7.54. The monoisotopic (exact) mass is 224 g/mol. The van der Waals surface area contributed by atoms with Gasteiger partial charge in [-0.05, 0) is 12.1 Å². The zero-order valence-electron chi connectivity index (χ0n) is 7.99. The van der Waals surface area contributed by atoms with Crippen molar-refractivity contribution >= 4 is 24.5 Å². The van der Waals surface area contributed by atoms with Gasteiger partial charge in [-0.1, -0.05) is 12.1 Å². The molecule has 0 aliphatic heterocycles. The maximum Gasteiger partial charge on any atom is 0.336 e. The van der Waals surface area contributed by atoms with E-state index in [1.807, 2.05) is 0 Å². The fourth-order valence-corrected chi connectivity index (χ4v) is 0.856. The Hall–Kier alpha value is -2.50. The van der Waals surface area contributed by atoms with E-state index in [0.29, 0.717) is 0 Å². The third-order valence-electron chi connectivity index (χ3n) is 1.44. The topological polar surface area (TPSA) is 109 Å². The molecule has 1 aromatic carbocycles. The third kappa shape index (κ3) is 4.14. The molecule has 0 unspecified atom stereocenters. The predicted molar refractivity (Wildman–Crippen MR) is 52.5 cm³/mol. The number of aldehydes is 2. The summed E-state index contributed by atoms with van der Waals surface area (Å²) in [7, 11) is 0. The first kappa shape index (κ1) is 13.5. The van der Waals surface area contributed by atoms with E-state index in [2.05, 4.69) is 0 Å². The van der Waals surface area contributed by atoms with Gasteiger partial charge in [0.2, 0.25) is 0 Å². The highest BCUT2D eigenvalue weighted by molar-refractivity contribution is 6.09. The number of carbonyl (C=O) groups excluding carboxylic acids is 2. The van der Waals surface area contributed by atoms with Crippen LogP contribution in [0.5, 0.6) is 0 Å². The van der Waals surface area contributed by atoms with E-state index < -0.39 is 11.9 Å². The second-order valence-electron chi connectivity index (χ2n) is 2.43. The van der Waals surface area contributed by atoms with Crippen LogP contribution in [0.1, 0.15) is 20.7 Å². The molecule has 0 aliphatic rings. The van der Waals surface area contributed by atoms with Crippen LogP contribution in [0.15, 0.2) is 24.3 Å². The summed E-state index contributed by atoms with van der Waals surface area (Å²) in [6.07, 6.45) is 0.389. The Morgan fingerprint density at radius 3 is 1.38 bits per heavy atom. The van der Waals surface area contributed by atoms with E-state index in [-0.39, 0.29) is 23.7 Å². The molecule has 84 valence electrons. The fourth-order valence-electron chi connectivity index (χ4n) is 0.856. The number of aromatic carboxylic acids is 2. The van der Waals surface area contributed by atoms with E-state index in [1.165, 1.54) is 24.3 Å². The summed E-state index contributed by atoms with van der Waals surface area (Å²) in [6, 6.07) is 5.48. The molecule has 6 nitrogen and oxygen atoms in total. The van der Waals surface area contributed by atoms with E-state index in [9.17, 15) is 9.59 Å². The largest absolute Gasteiger partial charge is 0.478 e. The lowest BCUT2D eigenvalue weighted by Crippen LogP contribution is -2.06. The molecule has 0 fully saturated rings. The summed E-state index contributed by atoms with van der Waals surface area (Å²) in [5.74, 6) is -2.46. The SMILES string of the molecule is O=C(O)c1ccccc1C(=O)O.O=CC=O. The number of hydrogen-bond donors (Lipinski definition) is 2. The molecule has 1 rings (SSSR count). The van der Waals surface area contributed by atoms with Crippen LogP contribution < -0.4 is 0 Å². The first-order valence-corrected chi connectivity index (χ1v) is 3.99. The highest BCUT2D eigenvalue weighted by atomic mass is 16.4. The van der Waals surface area contributed by atoms with Gasteiger partial charge in [0.05, 0.1) is 11.1 Å². The van der Waals surface area contributed by atoms with Crippen LogP contribution in [-0.4, -0.2) is 34.7 Å². The number of benzene rings is 1. The lowest BCUT2D eigenvalue weighted by atomic mass is 10.1.